The Hall–Kier alpha value is -0.940. The molecule has 0 heterocycles. The first kappa shape index (κ1) is 14.1. The van der Waals surface area contributed by atoms with Crippen LogP contribution in [0.1, 0.15) is 26.2 Å². The van der Waals surface area contributed by atoms with E-state index in [1.807, 2.05) is 31.2 Å². The van der Waals surface area contributed by atoms with Crippen molar-refractivity contribution in [3.63, 3.8) is 0 Å². The first-order valence-corrected chi connectivity index (χ1v) is 6.68. The van der Waals surface area contributed by atoms with E-state index in [1.165, 1.54) is 0 Å². The molecular formula is C12H15BrN2OS. The molecule has 17 heavy (non-hydrogen) atoms. The third-order valence-electron chi connectivity index (χ3n) is 2.09. The van der Waals surface area contributed by atoms with E-state index in [1.54, 1.807) is 0 Å². The molecule has 5 heteroatoms. The Balaban J connectivity index is 2.42. The normalized spacial score (nSPS) is 9.76. The molecule has 1 rings (SSSR count). The van der Waals surface area contributed by atoms with E-state index in [0.717, 1.165) is 23.0 Å². The average molecular weight is 315 g/mol. The van der Waals surface area contributed by atoms with Gasteiger partial charge in [-0.25, -0.2) is 0 Å². The molecular weight excluding hydrogens is 300 g/mol. The Morgan fingerprint density at radius 3 is 2.88 bits per heavy atom. The van der Waals surface area contributed by atoms with Crippen molar-refractivity contribution in [2.45, 2.75) is 26.2 Å². The molecule has 1 amide bonds. The van der Waals surface area contributed by atoms with Crippen LogP contribution in [0.5, 0.6) is 0 Å². The molecule has 1 aromatic carbocycles. The van der Waals surface area contributed by atoms with E-state index >= 15 is 0 Å². The van der Waals surface area contributed by atoms with Gasteiger partial charge in [-0.3, -0.25) is 4.79 Å². The predicted molar refractivity (Wildman–Crippen MR) is 78.0 cm³/mol. The second kappa shape index (κ2) is 7.40. The van der Waals surface area contributed by atoms with E-state index in [-0.39, 0.29) is 5.91 Å². The van der Waals surface area contributed by atoms with Crippen molar-refractivity contribution in [3.05, 3.63) is 28.7 Å². The fraction of sp³-hybridized carbons (Fsp3) is 0.333. The number of nitrogens with one attached hydrogen (secondary N) is 2. The minimum atomic E-state index is -0.0423. The third kappa shape index (κ3) is 5.79. The molecule has 0 spiro atoms. The molecule has 0 radical (unpaired) electrons. The van der Waals surface area contributed by atoms with E-state index < -0.39 is 0 Å². The second-order valence-corrected chi connectivity index (χ2v) is 4.94. The highest BCUT2D eigenvalue weighted by Crippen LogP contribution is 2.15. The van der Waals surface area contributed by atoms with Crippen molar-refractivity contribution in [1.82, 2.24) is 5.32 Å². The Morgan fingerprint density at radius 1 is 1.47 bits per heavy atom. The second-order valence-electron chi connectivity index (χ2n) is 3.62. The Kier molecular flexibility index (Phi) is 6.15. The molecule has 0 fully saturated rings. The maximum atomic E-state index is 11.4. The molecule has 0 aliphatic rings. The van der Waals surface area contributed by atoms with Crippen LogP contribution in [0.3, 0.4) is 0 Å². The highest BCUT2D eigenvalue weighted by atomic mass is 79.9. The zero-order valence-electron chi connectivity index (χ0n) is 9.63. The zero-order chi connectivity index (χ0) is 12.7. The number of hydrogen-bond donors (Lipinski definition) is 2. The molecule has 0 saturated carbocycles. The molecule has 0 saturated heterocycles. The highest BCUT2D eigenvalue weighted by Gasteiger charge is 2.04. The SMILES string of the molecule is CCCCC(=O)NC(=S)Nc1cccc(Br)c1. The number of amides is 1. The van der Waals surface area contributed by atoms with Gasteiger partial charge in [0.2, 0.25) is 5.91 Å². The minimum Gasteiger partial charge on any atom is -0.332 e. The van der Waals surface area contributed by atoms with Gasteiger partial charge in [0.05, 0.1) is 0 Å². The van der Waals surface area contributed by atoms with E-state index in [0.29, 0.717) is 11.5 Å². The first-order chi connectivity index (χ1) is 8.11. The number of anilines is 1. The quantitative estimate of drug-likeness (QED) is 0.836. The summed E-state index contributed by atoms with van der Waals surface area (Å²) < 4.78 is 0.961. The van der Waals surface area contributed by atoms with Crippen LogP contribution >= 0.6 is 28.1 Å². The molecule has 1 aromatic rings. The van der Waals surface area contributed by atoms with Gasteiger partial charge in [0.25, 0.3) is 0 Å². The molecule has 3 nitrogen and oxygen atoms in total. The van der Waals surface area contributed by atoms with Crippen LogP contribution in [0, 0.1) is 0 Å². The number of carbonyl (C=O) groups is 1. The van der Waals surface area contributed by atoms with E-state index in [2.05, 4.69) is 26.6 Å². The lowest BCUT2D eigenvalue weighted by Crippen LogP contribution is -2.33. The van der Waals surface area contributed by atoms with Gasteiger partial charge in [-0.05, 0) is 36.8 Å². The highest BCUT2D eigenvalue weighted by molar-refractivity contribution is 9.10. The molecule has 0 aliphatic heterocycles. The summed E-state index contributed by atoms with van der Waals surface area (Å²) in [6.07, 6.45) is 2.39. The average Bonchev–Trinajstić information content (AvgIpc) is 2.26. The lowest BCUT2D eigenvalue weighted by Gasteiger charge is -2.09. The number of hydrogen-bond acceptors (Lipinski definition) is 2. The number of halogens is 1. The van der Waals surface area contributed by atoms with Crippen LogP contribution in [-0.4, -0.2) is 11.0 Å². The molecule has 0 aliphatic carbocycles. The molecule has 0 unspecified atom stereocenters. The van der Waals surface area contributed by atoms with Gasteiger partial charge in [0, 0.05) is 16.6 Å². The van der Waals surface area contributed by atoms with Gasteiger partial charge < -0.3 is 10.6 Å². The van der Waals surface area contributed by atoms with Crippen LogP contribution in [-0.2, 0) is 4.79 Å². The van der Waals surface area contributed by atoms with E-state index in [9.17, 15) is 4.79 Å². The smallest absolute Gasteiger partial charge is 0.226 e. The molecule has 0 bridgehead atoms. The molecule has 92 valence electrons. The minimum absolute atomic E-state index is 0.0423. The predicted octanol–water partition coefficient (Wildman–Crippen LogP) is 3.45. The fourth-order valence-electron chi connectivity index (χ4n) is 1.26. The Labute approximate surface area is 115 Å². The molecule has 0 atom stereocenters. The summed E-state index contributed by atoms with van der Waals surface area (Å²) in [5, 5.41) is 5.95. The molecule has 2 N–H and O–H groups in total. The van der Waals surface area contributed by atoms with Crippen molar-refractivity contribution in [2.75, 3.05) is 5.32 Å². The van der Waals surface area contributed by atoms with Crippen molar-refractivity contribution < 1.29 is 4.79 Å². The van der Waals surface area contributed by atoms with Gasteiger partial charge >= 0.3 is 0 Å². The number of rotatable bonds is 4. The van der Waals surface area contributed by atoms with Gasteiger partial charge in [0.1, 0.15) is 0 Å². The lowest BCUT2D eigenvalue weighted by molar-refractivity contribution is -0.119. The number of thiocarbonyl (C=S) groups is 1. The summed E-state index contributed by atoms with van der Waals surface area (Å²) in [4.78, 5) is 11.4. The zero-order valence-corrected chi connectivity index (χ0v) is 12.0. The van der Waals surface area contributed by atoms with Crippen LogP contribution in [0.25, 0.3) is 0 Å². The monoisotopic (exact) mass is 314 g/mol. The fourth-order valence-corrected chi connectivity index (χ4v) is 1.89. The largest absolute Gasteiger partial charge is 0.332 e. The van der Waals surface area contributed by atoms with E-state index in [4.69, 9.17) is 12.2 Å². The Morgan fingerprint density at radius 2 is 2.24 bits per heavy atom. The summed E-state index contributed by atoms with van der Waals surface area (Å²) in [6.45, 7) is 2.05. The van der Waals surface area contributed by atoms with Crippen LogP contribution < -0.4 is 10.6 Å². The lowest BCUT2D eigenvalue weighted by atomic mass is 10.2. The van der Waals surface area contributed by atoms with Crippen molar-refractivity contribution >= 4 is 44.9 Å². The van der Waals surface area contributed by atoms with Gasteiger partial charge in [-0.15, -0.1) is 0 Å². The summed E-state index contributed by atoms with van der Waals surface area (Å²) in [7, 11) is 0. The standard InChI is InChI=1S/C12H15BrN2OS/c1-2-3-7-11(16)15-12(17)14-10-6-4-5-9(13)8-10/h4-6,8H,2-3,7H2,1H3,(H2,14,15,16,17). The van der Waals surface area contributed by atoms with Crippen LogP contribution in [0.2, 0.25) is 0 Å². The summed E-state index contributed by atoms with van der Waals surface area (Å²) in [5.41, 5.74) is 0.847. The topological polar surface area (TPSA) is 41.1 Å². The summed E-state index contributed by atoms with van der Waals surface area (Å²) in [6, 6.07) is 7.60. The molecule has 0 aromatic heterocycles. The number of unbranched alkanes of at least 4 members (excludes halogenated alkanes) is 1. The maximum Gasteiger partial charge on any atom is 0.226 e. The first-order valence-electron chi connectivity index (χ1n) is 5.48. The van der Waals surface area contributed by atoms with Crippen LogP contribution in [0.4, 0.5) is 5.69 Å². The van der Waals surface area contributed by atoms with Gasteiger partial charge in [-0.1, -0.05) is 35.3 Å². The van der Waals surface area contributed by atoms with Crippen molar-refractivity contribution in [3.8, 4) is 0 Å². The third-order valence-corrected chi connectivity index (χ3v) is 2.79. The van der Waals surface area contributed by atoms with Crippen molar-refractivity contribution in [2.24, 2.45) is 0 Å². The number of carbonyl (C=O) groups excluding carboxylic acids is 1. The van der Waals surface area contributed by atoms with Crippen LogP contribution in [0.15, 0.2) is 28.7 Å². The van der Waals surface area contributed by atoms with Crippen molar-refractivity contribution in [1.29, 1.82) is 0 Å². The Bertz CT molecular complexity index is 409. The number of benzene rings is 1. The van der Waals surface area contributed by atoms with Gasteiger partial charge in [0.15, 0.2) is 5.11 Å². The maximum absolute atomic E-state index is 11.4. The summed E-state index contributed by atoms with van der Waals surface area (Å²) in [5.74, 6) is -0.0423. The summed E-state index contributed by atoms with van der Waals surface area (Å²) >= 11 is 8.41. The van der Waals surface area contributed by atoms with Gasteiger partial charge in [-0.2, -0.15) is 0 Å².